The number of nitrogens with zero attached hydrogens (tertiary/aromatic N) is 5. The molecule has 0 radical (unpaired) electrons. The quantitative estimate of drug-likeness (QED) is 0.124. The Labute approximate surface area is 379 Å². The summed E-state index contributed by atoms with van der Waals surface area (Å²) in [6, 6.07) is 13.2. The average Bonchev–Trinajstić information content (AvgIpc) is 3.52. The SMILES string of the molecule is COC(=O)N[C@H](C(=O)N1C[C@@H](C)C[C@H]1c1nc2c(ccc3cc(-c4cc(Cl)c(NC(=O)c5ccc(N6CCN(C(=O)[C@H]7CC7(C)C)C[C@H]6C)nc5)cc4OC(F)(F)F)ccc32)[nH]1)C(C)C. The number of hydrogen-bond acceptors (Lipinski definition) is 9. The number of likely N-dealkylation sites (tertiary alicyclic amines) is 1. The maximum atomic E-state index is 13.9. The van der Waals surface area contributed by atoms with Crippen molar-refractivity contribution in [3.05, 3.63) is 77.2 Å². The Morgan fingerprint density at radius 1 is 1.00 bits per heavy atom. The van der Waals surface area contributed by atoms with Gasteiger partial charge in [-0.15, -0.1) is 13.2 Å². The lowest BCUT2D eigenvalue weighted by molar-refractivity contribution is -0.274. The predicted octanol–water partition coefficient (Wildman–Crippen LogP) is 8.96. The van der Waals surface area contributed by atoms with Gasteiger partial charge in [0.1, 0.15) is 23.4 Å². The van der Waals surface area contributed by atoms with Crippen LogP contribution in [0, 0.1) is 23.2 Å². The highest BCUT2D eigenvalue weighted by atomic mass is 35.5. The second kappa shape index (κ2) is 17.4. The molecule has 0 bridgehead atoms. The molecule has 3 aliphatic rings. The largest absolute Gasteiger partial charge is 0.573 e. The molecule has 14 nitrogen and oxygen atoms in total. The van der Waals surface area contributed by atoms with Gasteiger partial charge in [0.25, 0.3) is 5.91 Å². The van der Waals surface area contributed by atoms with Crippen LogP contribution in [0.25, 0.3) is 32.9 Å². The van der Waals surface area contributed by atoms with E-state index >= 15 is 0 Å². The predicted molar refractivity (Wildman–Crippen MR) is 241 cm³/mol. The van der Waals surface area contributed by atoms with Crippen molar-refractivity contribution in [2.75, 3.05) is 43.5 Å². The highest BCUT2D eigenvalue weighted by Gasteiger charge is 2.52. The lowest BCUT2D eigenvalue weighted by Crippen LogP contribution is -2.54. The summed E-state index contributed by atoms with van der Waals surface area (Å²) in [5, 5.41) is 6.63. The van der Waals surface area contributed by atoms with E-state index in [9.17, 15) is 32.3 Å². The van der Waals surface area contributed by atoms with E-state index in [-0.39, 0.29) is 62.9 Å². The maximum absolute atomic E-state index is 13.9. The number of hydrogen-bond donors (Lipinski definition) is 3. The molecule has 3 fully saturated rings. The van der Waals surface area contributed by atoms with Crippen molar-refractivity contribution in [2.24, 2.45) is 23.2 Å². The van der Waals surface area contributed by atoms with Gasteiger partial charge in [0.15, 0.2) is 0 Å². The molecule has 2 aromatic heterocycles. The van der Waals surface area contributed by atoms with Gasteiger partial charge in [-0.25, -0.2) is 14.8 Å². The van der Waals surface area contributed by atoms with Crippen molar-refractivity contribution >= 4 is 68.7 Å². The number of anilines is 2. The Hall–Kier alpha value is -6.10. The van der Waals surface area contributed by atoms with Crippen molar-refractivity contribution in [2.45, 2.75) is 78.9 Å². The number of methoxy groups -OCH3 is 1. The fourth-order valence-corrected chi connectivity index (χ4v) is 9.36. The number of nitrogens with one attached hydrogen (secondary N) is 3. The number of H-pyrrole nitrogens is 1. The standard InChI is InChI=1S/C47H52ClF3N8O6/c1-24(2)39(56-45(63)64-7)44(62)59-22-25(3)16-36(59)41-53-34-12-9-27-17-28(8-11-30(27)40(34)55-41)31-18-33(48)35(19-37(31)65-47(49,50)51)54-42(60)29-10-13-38(52-21-29)58-15-14-57(23-26(58)4)43(61)32-20-46(32,5)6/h8-13,17-19,21,24-26,32,36,39H,14-16,20,22-23H2,1-7H3,(H,53,55)(H,54,60)(H,56,63)/t25-,26+,32+,36-,39-/m0/s1. The van der Waals surface area contributed by atoms with Crippen LogP contribution in [0.4, 0.5) is 29.5 Å². The molecule has 1 aliphatic carbocycles. The summed E-state index contributed by atoms with van der Waals surface area (Å²) < 4.78 is 51.1. The first-order valence-corrected chi connectivity index (χ1v) is 22.1. The highest BCUT2D eigenvalue weighted by Crippen LogP contribution is 2.52. The van der Waals surface area contributed by atoms with Crippen LogP contribution in [-0.4, -0.2) is 100 Å². The van der Waals surface area contributed by atoms with Crippen LogP contribution in [0.5, 0.6) is 5.75 Å². The van der Waals surface area contributed by atoms with Crippen LogP contribution < -0.4 is 20.3 Å². The molecule has 3 aromatic carbocycles. The summed E-state index contributed by atoms with van der Waals surface area (Å²) >= 11 is 6.67. The minimum atomic E-state index is -5.07. The van der Waals surface area contributed by atoms with Crippen molar-refractivity contribution in [1.29, 1.82) is 0 Å². The Morgan fingerprint density at radius 3 is 2.40 bits per heavy atom. The molecule has 8 rings (SSSR count). The number of aromatic nitrogens is 3. The van der Waals surface area contributed by atoms with Gasteiger partial charge < -0.3 is 39.8 Å². The number of piperazine rings is 1. The van der Waals surface area contributed by atoms with Gasteiger partial charge in [-0.1, -0.05) is 64.4 Å². The third-order valence-electron chi connectivity index (χ3n) is 12.9. The summed E-state index contributed by atoms with van der Waals surface area (Å²) in [5.41, 5.74) is 1.81. The zero-order chi connectivity index (χ0) is 46.7. The number of rotatable bonds is 10. The number of imidazole rings is 1. The normalized spacial score (nSPS) is 21.1. The smallest absolute Gasteiger partial charge is 0.453 e. The third kappa shape index (κ3) is 9.38. The monoisotopic (exact) mass is 916 g/mol. The molecule has 3 N–H and O–H groups in total. The van der Waals surface area contributed by atoms with E-state index in [4.69, 9.17) is 21.3 Å². The molecule has 0 unspecified atom stereocenters. The van der Waals surface area contributed by atoms with Gasteiger partial charge in [-0.2, -0.15) is 0 Å². The number of halogens is 4. The van der Waals surface area contributed by atoms with Crippen LogP contribution >= 0.6 is 11.6 Å². The summed E-state index contributed by atoms with van der Waals surface area (Å²) in [6.07, 6.45) is -2.84. The summed E-state index contributed by atoms with van der Waals surface area (Å²) in [6.45, 7) is 14.1. The first-order chi connectivity index (χ1) is 30.7. The molecule has 4 heterocycles. The Morgan fingerprint density at radius 2 is 1.75 bits per heavy atom. The molecular formula is C47H52ClF3N8O6. The highest BCUT2D eigenvalue weighted by molar-refractivity contribution is 6.34. The van der Waals surface area contributed by atoms with Gasteiger partial charge in [0.2, 0.25) is 11.8 Å². The van der Waals surface area contributed by atoms with Crippen molar-refractivity contribution < 1.29 is 41.8 Å². The molecule has 2 aliphatic heterocycles. The third-order valence-corrected chi connectivity index (χ3v) is 13.2. The zero-order valence-electron chi connectivity index (χ0n) is 37.2. The fourth-order valence-electron chi connectivity index (χ4n) is 9.15. The number of alkyl carbamates (subject to hydrolysis) is 1. The van der Waals surface area contributed by atoms with Crippen LogP contribution in [0.15, 0.2) is 60.8 Å². The first kappa shape index (κ1) is 45.5. The van der Waals surface area contributed by atoms with Gasteiger partial charge >= 0.3 is 12.5 Å². The number of pyridine rings is 1. The molecule has 2 saturated heterocycles. The van der Waals surface area contributed by atoms with Crippen LogP contribution in [0.2, 0.25) is 5.02 Å². The molecular weight excluding hydrogens is 865 g/mol. The molecule has 1 saturated carbocycles. The summed E-state index contributed by atoms with van der Waals surface area (Å²) in [4.78, 5) is 71.0. The number of amides is 4. The van der Waals surface area contributed by atoms with E-state index in [0.29, 0.717) is 71.6 Å². The minimum Gasteiger partial charge on any atom is -0.453 e. The van der Waals surface area contributed by atoms with E-state index in [1.165, 1.54) is 19.4 Å². The number of carbonyl (C=O) groups is 4. The molecule has 5 aromatic rings. The number of aromatic amines is 1. The lowest BCUT2D eigenvalue weighted by atomic mass is 9.99. The van der Waals surface area contributed by atoms with Gasteiger partial charge in [-0.05, 0) is 78.3 Å². The Bertz CT molecular complexity index is 2670. The number of carbonyl (C=O) groups excluding carboxylic acids is 4. The van der Waals surface area contributed by atoms with Crippen LogP contribution in [0.1, 0.15) is 76.6 Å². The number of ether oxygens (including phenoxy) is 2. The van der Waals surface area contributed by atoms with Crippen LogP contribution in [-0.2, 0) is 14.3 Å². The number of fused-ring (bicyclic) bond motifs is 3. The van der Waals surface area contributed by atoms with Gasteiger partial charge in [0.05, 0.1) is 40.5 Å². The van der Waals surface area contributed by atoms with Crippen molar-refractivity contribution in [1.82, 2.24) is 30.1 Å². The second-order valence-corrected chi connectivity index (χ2v) is 18.9. The second-order valence-electron chi connectivity index (χ2n) is 18.5. The number of benzene rings is 3. The molecule has 0 spiro atoms. The molecule has 65 heavy (non-hydrogen) atoms. The van der Waals surface area contributed by atoms with Gasteiger partial charge in [-0.3, -0.25) is 14.4 Å². The maximum Gasteiger partial charge on any atom is 0.573 e. The topological polar surface area (TPSA) is 162 Å². The first-order valence-electron chi connectivity index (χ1n) is 21.7. The fraction of sp³-hybridized carbons (Fsp3) is 0.447. The molecule has 344 valence electrons. The Balaban J connectivity index is 1.01. The van der Waals surface area contributed by atoms with E-state index in [1.54, 1.807) is 35.2 Å². The molecule has 18 heteroatoms. The van der Waals surface area contributed by atoms with Crippen molar-refractivity contribution in [3.8, 4) is 16.9 Å². The minimum absolute atomic E-state index is 0.00799. The lowest BCUT2D eigenvalue weighted by Gasteiger charge is -2.40. The van der Waals surface area contributed by atoms with E-state index in [0.717, 1.165) is 12.5 Å². The van der Waals surface area contributed by atoms with E-state index in [1.807, 2.05) is 44.7 Å². The Kier molecular flexibility index (Phi) is 12.1. The molecule has 4 amide bonds. The van der Waals surface area contributed by atoms with E-state index in [2.05, 4.69) is 44.1 Å². The van der Waals surface area contributed by atoms with Crippen molar-refractivity contribution in [3.63, 3.8) is 0 Å². The summed E-state index contributed by atoms with van der Waals surface area (Å²) in [5.74, 6) is -0.0592. The zero-order valence-corrected chi connectivity index (χ0v) is 37.9. The van der Waals surface area contributed by atoms with Gasteiger partial charge in [0, 0.05) is 61.4 Å². The van der Waals surface area contributed by atoms with E-state index < -0.39 is 36.2 Å². The average molecular weight is 917 g/mol. The van der Waals surface area contributed by atoms with Crippen LogP contribution in [0.3, 0.4) is 0 Å². The molecule has 5 atom stereocenters. The summed E-state index contributed by atoms with van der Waals surface area (Å²) in [7, 11) is 1.24. The number of alkyl halides is 3.